The summed E-state index contributed by atoms with van der Waals surface area (Å²) in [5.74, 6) is 0.730. The van der Waals surface area contributed by atoms with Gasteiger partial charge in [-0.3, -0.25) is 4.90 Å². The zero-order valence-electron chi connectivity index (χ0n) is 10.4. The lowest BCUT2D eigenvalue weighted by atomic mass is 10.2. The first-order valence-corrected chi connectivity index (χ1v) is 6.31. The summed E-state index contributed by atoms with van der Waals surface area (Å²) in [6, 6.07) is 9.56. The average molecular weight is 246 g/mol. The molecule has 1 aliphatic heterocycles. The summed E-state index contributed by atoms with van der Waals surface area (Å²) in [6.07, 6.45) is 2.22. The van der Waals surface area contributed by atoms with Crippen molar-refractivity contribution in [2.45, 2.75) is 18.9 Å². The van der Waals surface area contributed by atoms with Crippen molar-refractivity contribution < 1.29 is 9.84 Å². The quantitative estimate of drug-likeness (QED) is 0.853. The number of benzene rings is 1. The van der Waals surface area contributed by atoms with E-state index in [0.29, 0.717) is 18.2 Å². The molecule has 4 nitrogen and oxygen atoms in total. The van der Waals surface area contributed by atoms with Crippen LogP contribution in [0.5, 0.6) is 5.75 Å². The Labute approximate surface area is 107 Å². The van der Waals surface area contributed by atoms with Gasteiger partial charge in [0.15, 0.2) is 0 Å². The summed E-state index contributed by atoms with van der Waals surface area (Å²) in [5, 5.41) is 18.0. The third kappa shape index (κ3) is 3.22. The molecule has 1 aromatic rings. The van der Waals surface area contributed by atoms with Crippen LogP contribution in [-0.4, -0.2) is 42.4 Å². The Morgan fingerprint density at radius 2 is 2.39 bits per heavy atom. The standard InChI is InChI=1S/C14H18N2O2/c15-10-12-3-1-5-14(9-12)18-8-7-16-6-2-4-13(16)11-17/h1,3,5,9,13,17H,2,4,6-8,11H2/t13-/m1/s1. The fourth-order valence-corrected chi connectivity index (χ4v) is 2.33. The Morgan fingerprint density at radius 3 is 3.17 bits per heavy atom. The number of likely N-dealkylation sites (tertiary alicyclic amines) is 1. The number of nitrogens with zero attached hydrogens (tertiary/aromatic N) is 2. The maximum absolute atomic E-state index is 9.20. The van der Waals surface area contributed by atoms with Gasteiger partial charge in [-0.1, -0.05) is 6.07 Å². The lowest BCUT2D eigenvalue weighted by Gasteiger charge is -2.22. The molecule has 1 aliphatic rings. The molecule has 1 aromatic carbocycles. The Kier molecular flexibility index (Phi) is 4.57. The van der Waals surface area contributed by atoms with Crippen molar-refractivity contribution in [3.05, 3.63) is 29.8 Å². The zero-order valence-corrected chi connectivity index (χ0v) is 10.4. The fraction of sp³-hybridized carbons (Fsp3) is 0.500. The summed E-state index contributed by atoms with van der Waals surface area (Å²) in [7, 11) is 0. The molecule has 1 N–H and O–H groups in total. The summed E-state index contributed by atoms with van der Waals surface area (Å²) < 4.78 is 5.63. The van der Waals surface area contributed by atoms with Crippen LogP contribution in [0.15, 0.2) is 24.3 Å². The van der Waals surface area contributed by atoms with Crippen molar-refractivity contribution >= 4 is 0 Å². The van der Waals surface area contributed by atoms with E-state index in [1.54, 1.807) is 12.1 Å². The molecule has 4 heteroatoms. The van der Waals surface area contributed by atoms with Crippen molar-refractivity contribution in [1.29, 1.82) is 5.26 Å². The lowest BCUT2D eigenvalue weighted by Crippen LogP contribution is -2.35. The summed E-state index contributed by atoms with van der Waals surface area (Å²) in [6.45, 7) is 2.67. The molecule has 1 fully saturated rings. The van der Waals surface area contributed by atoms with E-state index < -0.39 is 0 Å². The van der Waals surface area contributed by atoms with Gasteiger partial charge in [0.1, 0.15) is 12.4 Å². The number of aliphatic hydroxyl groups is 1. The number of hydrogen-bond donors (Lipinski definition) is 1. The van der Waals surface area contributed by atoms with E-state index in [4.69, 9.17) is 10.00 Å². The second kappa shape index (κ2) is 6.39. The summed E-state index contributed by atoms with van der Waals surface area (Å²) in [4.78, 5) is 2.26. The first kappa shape index (κ1) is 12.9. The van der Waals surface area contributed by atoms with Crippen LogP contribution in [0.1, 0.15) is 18.4 Å². The normalized spacial score (nSPS) is 19.7. The molecule has 18 heavy (non-hydrogen) atoms. The maximum atomic E-state index is 9.20. The van der Waals surface area contributed by atoms with Crippen molar-refractivity contribution in [2.24, 2.45) is 0 Å². The van der Waals surface area contributed by atoms with Crippen LogP contribution in [0.4, 0.5) is 0 Å². The van der Waals surface area contributed by atoms with Crippen molar-refractivity contribution in [3.63, 3.8) is 0 Å². The molecule has 0 unspecified atom stereocenters. The summed E-state index contributed by atoms with van der Waals surface area (Å²) >= 11 is 0. The zero-order chi connectivity index (χ0) is 12.8. The first-order chi connectivity index (χ1) is 8.83. The van der Waals surface area contributed by atoms with E-state index in [1.807, 2.05) is 12.1 Å². The third-order valence-corrected chi connectivity index (χ3v) is 3.32. The minimum absolute atomic E-state index is 0.226. The smallest absolute Gasteiger partial charge is 0.120 e. The van der Waals surface area contributed by atoms with Gasteiger partial charge in [-0.2, -0.15) is 5.26 Å². The van der Waals surface area contributed by atoms with Crippen LogP contribution in [0, 0.1) is 11.3 Å². The van der Waals surface area contributed by atoms with Crippen molar-refractivity contribution in [3.8, 4) is 11.8 Å². The fourth-order valence-electron chi connectivity index (χ4n) is 2.33. The Balaban J connectivity index is 1.79. The van der Waals surface area contributed by atoms with Gasteiger partial charge in [0, 0.05) is 12.6 Å². The molecule has 0 spiro atoms. The van der Waals surface area contributed by atoms with Gasteiger partial charge in [-0.25, -0.2) is 0 Å². The second-order valence-electron chi connectivity index (χ2n) is 4.50. The predicted molar refractivity (Wildman–Crippen MR) is 68.3 cm³/mol. The number of rotatable bonds is 5. The molecular formula is C14H18N2O2. The highest BCUT2D eigenvalue weighted by Crippen LogP contribution is 2.17. The van der Waals surface area contributed by atoms with Gasteiger partial charge in [-0.15, -0.1) is 0 Å². The van der Waals surface area contributed by atoms with Crippen LogP contribution >= 0.6 is 0 Å². The van der Waals surface area contributed by atoms with E-state index in [0.717, 1.165) is 31.7 Å². The lowest BCUT2D eigenvalue weighted by molar-refractivity contribution is 0.139. The van der Waals surface area contributed by atoms with E-state index in [9.17, 15) is 5.11 Å². The molecule has 0 radical (unpaired) electrons. The Hall–Kier alpha value is -1.57. The van der Waals surface area contributed by atoms with Gasteiger partial charge in [0.2, 0.25) is 0 Å². The number of nitriles is 1. The maximum Gasteiger partial charge on any atom is 0.120 e. The highest BCUT2D eigenvalue weighted by atomic mass is 16.5. The van der Waals surface area contributed by atoms with E-state index in [-0.39, 0.29) is 6.61 Å². The van der Waals surface area contributed by atoms with E-state index in [2.05, 4.69) is 11.0 Å². The highest BCUT2D eigenvalue weighted by Gasteiger charge is 2.22. The first-order valence-electron chi connectivity index (χ1n) is 6.31. The molecule has 2 rings (SSSR count). The molecule has 1 heterocycles. The van der Waals surface area contributed by atoms with E-state index >= 15 is 0 Å². The third-order valence-electron chi connectivity index (χ3n) is 3.32. The van der Waals surface area contributed by atoms with Crippen LogP contribution in [0.2, 0.25) is 0 Å². The molecule has 0 aliphatic carbocycles. The average Bonchev–Trinajstić information content (AvgIpc) is 2.86. The molecular weight excluding hydrogens is 228 g/mol. The number of aliphatic hydroxyl groups excluding tert-OH is 1. The Morgan fingerprint density at radius 1 is 1.50 bits per heavy atom. The van der Waals surface area contributed by atoms with Crippen molar-refractivity contribution in [2.75, 3.05) is 26.3 Å². The van der Waals surface area contributed by atoms with Crippen LogP contribution in [0.3, 0.4) is 0 Å². The van der Waals surface area contributed by atoms with Crippen LogP contribution in [-0.2, 0) is 0 Å². The van der Waals surface area contributed by atoms with Gasteiger partial charge >= 0.3 is 0 Å². The number of ether oxygens (including phenoxy) is 1. The number of hydrogen-bond acceptors (Lipinski definition) is 4. The topological polar surface area (TPSA) is 56.5 Å². The largest absolute Gasteiger partial charge is 0.492 e. The molecule has 1 saturated heterocycles. The molecule has 96 valence electrons. The molecule has 0 amide bonds. The SMILES string of the molecule is N#Cc1cccc(OCCN2CCC[C@@H]2CO)c1. The highest BCUT2D eigenvalue weighted by molar-refractivity contribution is 5.36. The minimum atomic E-state index is 0.226. The molecule has 0 saturated carbocycles. The van der Waals surface area contributed by atoms with Crippen LogP contribution < -0.4 is 4.74 Å². The van der Waals surface area contributed by atoms with Gasteiger partial charge in [-0.05, 0) is 37.6 Å². The predicted octanol–water partition coefficient (Wildman–Crippen LogP) is 1.39. The summed E-state index contributed by atoms with van der Waals surface area (Å²) in [5.41, 5.74) is 0.613. The molecule has 0 bridgehead atoms. The van der Waals surface area contributed by atoms with Crippen LogP contribution in [0.25, 0.3) is 0 Å². The van der Waals surface area contributed by atoms with Gasteiger partial charge in [0.05, 0.1) is 18.2 Å². The second-order valence-corrected chi connectivity index (χ2v) is 4.50. The monoisotopic (exact) mass is 246 g/mol. The Bertz CT molecular complexity index is 428. The van der Waals surface area contributed by atoms with Gasteiger partial charge in [0.25, 0.3) is 0 Å². The molecule has 0 aromatic heterocycles. The van der Waals surface area contributed by atoms with E-state index in [1.165, 1.54) is 0 Å². The van der Waals surface area contributed by atoms with Gasteiger partial charge < -0.3 is 9.84 Å². The van der Waals surface area contributed by atoms with Crippen molar-refractivity contribution in [1.82, 2.24) is 4.90 Å². The molecule has 1 atom stereocenters. The minimum Gasteiger partial charge on any atom is -0.492 e.